The summed E-state index contributed by atoms with van der Waals surface area (Å²) in [5.74, 6) is -0.0647. The van der Waals surface area contributed by atoms with Crippen molar-refractivity contribution in [2.75, 3.05) is 5.32 Å². The van der Waals surface area contributed by atoms with Crippen molar-refractivity contribution >= 4 is 27.5 Å². The number of hydrogen-bond acceptors (Lipinski definition) is 2. The first kappa shape index (κ1) is 14.2. The number of benzene rings is 1. The number of carbonyl (C=O) groups excluding carboxylic acids is 1. The van der Waals surface area contributed by atoms with Crippen molar-refractivity contribution in [3.05, 3.63) is 27.7 Å². The molecule has 0 fully saturated rings. The van der Waals surface area contributed by atoms with Gasteiger partial charge in [-0.05, 0) is 60.8 Å². The van der Waals surface area contributed by atoms with Crippen molar-refractivity contribution in [3.8, 4) is 0 Å². The number of rotatable bonds is 3. The van der Waals surface area contributed by atoms with Gasteiger partial charge in [0.05, 0.1) is 5.69 Å². The third-order valence-electron chi connectivity index (χ3n) is 2.31. The van der Waals surface area contributed by atoms with Crippen LogP contribution in [0.15, 0.2) is 16.6 Å². The summed E-state index contributed by atoms with van der Waals surface area (Å²) in [4.78, 5) is 11.8. The van der Waals surface area contributed by atoms with E-state index in [1.807, 2.05) is 39.8 Å². The Balaban J connectivity index is 2.86. The van der Waals surface area contributed by atoms with Crippen LogP contribution in [0.25, 0.3) is 0 Å². The van der Waals surface area contributed by atoms with Gasteiger partial charge in [-0.25, -0.2) is 0 Å². The van der Waals surface area contributed by atoms with Crippen LogP contribution >= 0.6 is 15.9 Å². The van der Waals surface area contributed by atoms with Crippen molar-refractivity contribution in [3.63, 3.8) is 0 Å². The molecule has 3 nitrogen and oxygen atoms in total. The Morgan fingerprint density at radius 2 is 2.00 bits per heavy atom. The van der Waals surface area contributed by atoms with Gasteiger partial charge in [-0.3, -0.25) is 4.79 Å². The van der Waals surface area contributed by atoms with Crippen LogP contribution < -0.4 is 11.1 Å². The largest absolute Gasteiger partial charge is 0.325 e. The molecule has 1 rings (SSSR count). The number of aryl methyl sites for hydroxylation is 2. The maximum atomic E-state index is 11.8. The lowest BCUT2D eigenvalue weighted by Crippen LogP contribution is -2.36. The number of hydrogen-bond donors (Lipinski definition) is 2. The first-order valence-electron chi connectivity index (χ1n) is 5.54. The van der Waals surface area contributed by atoms with Gasteiger partial charge < -0.3 is 11.1 Å². The molecule has 0 saturated carbocycles. The molecule has 0 unspecified atom stereocenters. The Kier molecular flexibility index (Phi) is 4.33. The number of carbonyl (C=O) groups is 1. The molecule has 0 saturated heterocycles. The highest BCUT2D eigenvalue weighted by atomic mass is 79.9. The Morgan fingerprint density at radius 3 is 2.47 bits per heavy atom. The molecule has 0 aromatic heterocycles. The predicted molar refractivity (Wildman–Crippen MR) is 75.1 cm³/mol. The summed E-state index contributed by atoms with van der Waals surface area (Å²) in [6, 6.07) is 4.02. The van der Waals surface area contributed by atoms with E-state index in [0.717, 1.165) is 21.3 Å². The third-order valence-corrected chi connectivity index (χ3v) is 2.94. The highest BCUT2D eigenvalue weighted by Gasteiger charge is 2.17. The number of anilines is 1. The van der Waals surface area contributed by atoms with Crippen LogP contribution in [0.2, 0.25) is 0 Å². The summed E-state index contributed by atoms with van der Waals surface area (Å²) in [6.07, 6.45) is 0.298. The molecule has 1 amide bonds. The molecule has 0 heterocycles. The van der Waals surface area contributed by atoms with Crippen molar-refractivity contribution < 1.29 is 4.79 Å². The molecular formula is C13H19BrN2O. The Morgan fingerprint density at radius 1 is 1.41 bits per heavy atom. The zero-order chi connectivity index (χ0) is 13.2. The molecule has 0 aliphatic rings. The molecular weight excluding hydrogens is 280 g/mol. The second kappa shape index (κ2) is 5.19. The van der Waals surface area contributed by atoms with Crippen LogP contribution in [-0.4, -0.2) is 11.4 Å². The molecule has 1 aromatic carbocycles. The first-order chi connectivity index (χ1) is 7.69. The number of nitrogens with two attached hydrogens (primary N) is 1. The number of halogens is 1. The van der Waals surface area contributed by atoms with Gasteiger partial charge in [0.1, 0.15) is 0 Å². The molecule has 4 heteroatoms. The fourth-order valence-electron chi connectivity index (χ4n) is 1.67. The maximum absolute atomic E-state index is 11.8. The minimum atomic E-state index is -0.491. The average molecular weight is 299 g/mol. The van der Waals surface area contributed by atoms with Gasteiger partial charge in [0, 0.05) is 16.4 Å². The van der Waals surface area contributed by atoms with Gasteiger partial charge in [0.15, 0.2) is 0 Å². The Labute approximate surface area is 111 Å². The van der Waals surface area contributed by atoms with E-state index >= 15 is 0 Å². The van der Waals surface area contributed by atoms with Gasteiger partial charge in [0.25, 0.3) is 0 Å². The second-order valence-corrected chi connectivity index (χ2v) is 6.01. The van der Waals surface area contributed by atoms with E-state index in [4.69, 9.17) is 5.73 Å². The highest BCUT2D eigenvalue weighted by Crippen LogP contribution is 2.28. The van der Waals surface area contributed by atoms with E-state index in [9.17, 15) is 4.79 Å². The number of nitrogens with one attached hydrogen (secondary N) is 1. The standard InChI is InChI=1S/C13H19BrN2O/c1-8-5-9(2)12(10(14)6-8)16-11(17)7-13(3,4)15/h5-6H,7,15H2,1-4H3,(H,16,17). The summed E-state index contributed by atoms with van der Waals surface area (Å²) >= 11 is 3.46. The average Bonchev–Trinajstić information content (AvgIpc) is 2.08. The van der Waals surface area contributed by atoms with E-state index < -0.39 is 5.54 Å². The molecule has 94 valence electrons. The van der Waals surface area contributed by atoms with Crippen LogP contribution in [0, 0.1) is 13.8 Å². The molecule has 17 heavy (non-hydrogen) atoms. The van der Waals surface area contributed by atoms with Crippen LogP contribution in [0.1, 0.15) is 31.4 Å². The van der Waals surface area contributed by atoms with E-state index in [1.54, 1.807) is 0 Å². The summed E-state index contributed by atoms with van der Waals surface area (Å²) in [5, 5.41) is 2.90. The fraction of sp³-hybridized carbons (Fsp3) is 0.462. The van der Waals surface area contributed by atoms with E-state index in [2.05, 4.69) is 21.2 Å². The highest BCUT2D eigenvalue weighted by molar-refractivity contribution is 9.10. The van der Waals surface area contributed by atoms with Gasteiger partial charge in [0.2, 0.25) is 5.91 Å². The topological polar surface area (TPSA) is 55.1 Å². The third kappa shape index (κ3) is 4.48. The first-order valence-corrected chi connectivity index (χ1v) is 6.34. The lowest BCUT2D eigenvalue weighted by Gasteiger charge is -2.19. The van der Waals surface area contributed by atoms with Crippen molar-refractivity contribution in [2.45, 2.75) is 39.7 Å². The van der Waals surface area contributed by atoms with Gasteiger partial charge in [-0.15, -0.1) is 0 Å². The predicted octanol–water partition coefficient (Wildman–Crippen LogP) is 3.13. The van der Waals surface area contributed by atoms with Crippen molar-refractivity contribution in [1.82, 2.24) is 0 Å². The summed E-state index contributed by atoms with van der Waals surface area (Å²) < 4.78 is 0.901. The smallest absolute Gasteiger partial charge is 0.226 e. The van der Waals surface area contributed by atoms with Gasteiger partial charge in [-0.2, -0.15) is 0 Å². The molecule has 0 radical (unpaired) electrons. The van der Waals surface area contributed by atoms with E-state index in [-0.39, 0.29) is 5.91 Å². The van der Waals surface area contributed by atoms with Crippen LogP contribution in [0.5, 0.6) is 0 Å². The van der Waals surface area contributed by atoms with Crippen LogP contribution in [0.4, 0.5) is 5.69 Å². The Bertz CT molecular complexity index is 413. The molecule has 1 aromatic rings. The molecule has 3 N–H and O–H groups in total. The second-order valence-electron chi connectivity index (χ2n) is 5.15. The monoisotopic (exact) mass is 298 g/mol. The van der Waals surface area contributed by atoms with E-state index in [0.29, 0.717) is 6.42 Å². The summed E-state index contributed by atoms with van der Waals surface area (Å²) in [7, 11) is 0. The molecule has 0 aliphatic heterocycles. The zero-order valence-electron chi connectivity index (χ0n) is 10.7. The minimum absolute atomic E-state index is 0.0647. The fourth-order valence-corrected chi connectivity index (χ4v) is 2.44. The zero-order valence-corrected chi connectivity index (χ0v) is 12.3. The lowest BCUT2D eigenvalue weighted by molar-refractivity contribution is -0.117. The summed E-state index contributed by atoms with van der Waals surface area (Å²) in [5.41, 5.74) is 8.35. The maximum Gasteiger partial charge on any atom is 0.226 e. The van der Waals surface area contributed by atoms with Gasteiger partial charge >= 0.3 is 0 Å². The molecule has 0 atom stereocenters. The SMILES string of the molecule is Cc1cc(C)c(NC(=O)CC(C)(C)N)c(Br)c1. The summed E-state index contributed by atoms with van der Waals surface area (Å²) in [6.45, 7) is 7.67. The van der Waals surface area contributed by atoms with Crippen molar-refractivity contribution in [1.29, 1.82) is 0 Å². The van der Waals surface area contributed by atoms with Crippen LogP contribution in [-0.2, 0) is 4.79 Å². The molecule has 0 aliphatic carbocycles. The van der Waals surface area contributed by atoms with Crippen LogP contribution in [0.3, 0.4) is 0 Å². The number of amides is 1. The lowest BCUT2D eigenvalue weighted by atomic mass is 10.0. The van der Waals surface area contributed by atoms with Crippen molar-refractivity contribution in [2.24, 2.45) is 5.73 Å². The Hall–Kier alpha value is -0.870. The quantitative estimate of drug-likeness (QED) is 0.901. The normalized spacial score (nSPS) is 11.4. The molecule has 0 bridgehead atoms. The van der Waals surface area contributed by atoms with Gasteiger partial charge in [-0.1, -0.05) is 6.07 Å². The molecule has 0 spiro atoms. The van der Waals surface area contributed by atoms with E-state index in [1.165, 1.54) is 0 Å². The minimum Gasteiger partial charge on any atom is -0.325 e.